The second kappa shape index (κ2) is 16.6. The number of hydrogen-bond acceptors (Lipinski definition) is 8. The van der Waals surface area contributed by atoms with Crippen molar-refractivity contribution in [3.8, 4) is 17.2 Å². The SMILES string of the molecule is CCc1cc(-n2ccn(-c3c4c(nn3-c3cc(C)c(F)c(C)c3)CCN(C(=O)c3cc5cc(C6CCOCC6)ccc5n3C3(c5noc(=O)[nH]5)CC3C)C4C)c2=O)cc(C)c1P(=O)(CC)CC. The van der Waals surface area contributed by atoms with Crippen molar-refractivity contribution in [3.05, 3.63) is 138 Å². The molecule has 2 fully saturated rings. The van der Waals surface area contributed by atoms with E-state index in [2.05, 4.69) is 39.8 Å². The number of aromatic amines is 1. The van der Waals surface area contributed by atoms with Crippen LogP contribution in [0, 0.1) is 32.5 Å². The van der Waals surface area contributed by atoms with Gasteiger partial charge in [0.05, 0.1) is 23.1 Å². The van der Waals surface area contributed by atoms with Crippen molar-refractivity contribution in [2.45, 2.75) is 105 Å². The van der Waals surface area contributed by atoms with E-state index in [4.69, 9.17) is 14.4 Å². The van der Waals surface area contributed by atoms with E-state index in [1.54, 1.807) is 52.2 Å². The number of H-pyrrole nitrogens is 1. The Bertz CT molecular complexity index is 3260. The quantitative estimate of drug-likeness (QED) is 0.127. The Hall–Kier alpha value is -6.05. The Morgan fingerprint density at radius 1 is 0.925 bits per heavy atom. The fraction of sp³-hybridized carbons (Fsp3) is 0.431. The molecule has 350 valence electrons. The monoisotopic (exact) mass is 928 g/mol. The van der Waals surface area contributed by atoms with Gasteiger partial charge in [0.15, 0.2) is 5.82 Å². The maximum absolute atomic E-state index is 15.6. The summed E-state index contributed by atoms with van der Waals surface area (Å²) in [6.07, 6.45) is 8.08. The summed E-state index contributed by atoms with van der Waals surface area (Å²) in [5.41, 5.74) is 6.69. The van der Waals surface area contributed by atoms with Crippen LogP contribution in [0.1, 0.15) is 121 Å². The van der Waals surface area contributed by atoms with Gasteiger partial charge in [-0.05, 0) is 135 Å². The Morgan fingerprint density at radius 3 is 2.25 bits per heavy atom. The molecule has 2 aliphatic heterocycles. The van der Waals surface area contributed by atoms with Gasteiger partial charge in [0, 0.05) is 72.7 Å². The third-order valence-corrected chi connectivity index (χ3v) is 18.6. The lowest BCUT2D eigenvalue weighted by atomic mass is 9.91. The van der Waals surface area contributed by atoms with Crippen molar-refractivity contribution < 1.29 is 23.0 Å². The van der Waals surface area contributed by atoms with Gasteiger partial charge in [-0.15, -0.1) is 0 Å². The summed E-state index contributed by atoms with van der Waals surface area (Å²) in [5, 5.41) is 11.1. The fourth-order valence-electron chi connectivity index (χ4n) is 11.3. The summed E-state index contributed by atoms with van der Waals surface area (Å²) in [7, 11) is -2.63. The molecular weight excluding hydrogens is 871 g/mol. The zero-order chi connectivity index (χ0) is 47.3. The summed E-state index contributed by atoms with van der Waals surface area (Å²) in [6.45, 7) is 17.2. The molecule has 0 radical (unpaired) electrons. The largest absolute Gasteiger partial charge is 0.438 e. The molecule has 1 saturated heterocycles. The summed E-state index contributed by atoms with van der Waals surface area (Å²) < 4.78 is 47.0. The molecule has 16 heteroatoms. The second-order valence-corrected chi connectivity index (χ2v) is 22.4. The van der Waals surface area contributed by atoms with E-state index in [0.29, 0.717) is 103 Å². The van der Waals surface area contributed by atoms with E-state index in [-0.39, 0.29) is 23.3 Å². The molecule has 4 aromatic heterocycles. The highest BCUT2D eigenvalue weighted by atomic mass is 31.2. The first-order valence-corrected chi connectivity index (χ1v) is 25.7. The Kier molecular flexibility index (Phi) is 11.1. The second-order valence-electron chi connectivity index (χ2n) is 18.9. The van der Waals surface area contributed by atoms with Gasteiger partial charge in [0.2, 0.25) is 0 Å². The van der Waals surface area contributed by atoms with Crippen LogP contribution in [0.5, 0.6) is 0 Å². The third kappa shape index (κ3) is 7.05. The number of aromatic nitrogens is 7. The van der Waals surface area contributed by atoms with Crippen molar-refractivity contribution >= 4 is 29.3 Å². The van der Waals surface area contributed by atoms with Gasteiger partial charge in [-0.2, -0.15) is 5.10 Å². The molecule has 1 aliphatic carbocycles. The highest BCUT2D eigenvalue weighted by molar-refractivity contribution is 7.71. The fourth-order valence-corrected chi connectivity index (χ4v) is 13.8. The van der Waals surface area contributed by atoms with Gasteiger partial charge in [-0.25, -0.2) is 18.7 Å². The lowest BCUT2D eigenvalue weighted by Crippen LogP contribution is -2.41. The molecule has 3 aliphatic rings. The van der Waals surface area contributed by atoms with Crippen molar-refractivity contribution in [1.82, 2.24) is 38.5 Å². The molecule has 6 heterocycles. The lowest BCUT2D eigenvalue weighted by Gasteiger charge is -2.34. The smallest absolute Gasteiger partial charge is 0.381 e. The van der Waals surface area contributed by atoms with E-state index >= 15 is 9.18 Å². The van der Waals surface area contributed by atoms with Gasteiger partial charge in [-0.3, -0.25) is 23.4 Å². The number of halogens is 1. The molecule has 0 spiro atoms. The van der Waals surface area contributed by atoms with Crippen LogP contribution in [0.2, 0.25) is 0 Å². The number of imidazole rings is 1. The molecule has 0 bridgehead atoms. The van der Waals surface area contributed by atoms with Crippen molar-refractivity contribution in [2.75, 3.05) is 32.1 Å². The summed E-state index contributed by atoms with van der Waals surface area (Å²) in [5.74, 6) is -0.0104. The van der Waals surface area contributed by atoms with Gasteiger partial charge < -0.3 is 18.8 Å². The first-order chi connectivity index (χ1) is 32.1. The number of ether oxygens (including phenoxy) is 1. The van der Waals surface area contributed by atoms with Crippen LogP contribution in [0.4, 0.5) is 4.39 Å². The van der Waals surface area contributed by atoms with Gasteiger partial charge in [-0.1, -0.05) is 38.9 Å². The van der Waals surface area contributed by atoms with Crippen molar-refractivity contribution in [2.24, 2.45) is 5.92 Å². The average molecular weight is 929 g/mol. The van der Waals surface area contributed by atoms with Crippen molar-refractivity contribution in [1.29, 1.82) is 0 Å². The standard InChI is InChI=1S/C51H58FN8O6P/c1-9-34-26-38(24-31(6)45(34)67(64,10-2)11-3)57-18-19-58(50(57)63)46-43-33(8)56(17-14-40(43)54-60(46)39-22-29(4)44(52)30(5)23-39)47(61)42-27-37-25-36(35-15-20-65-21-16-35)12-13-41(37)59(42)51(28-32(51)7)48-53-49(62)66-55-48/h12-13,18-19,22-27,32-33,35H,9-11,14-17,20-21,28H2,1-8H3,(H,53,55,62). The van der Waals surface area contributed by atoms with Crippen LogP contribution in [-0.4, -0.2) is 76.5 Å². The molecule has 3 atom stereocenters. The van der Waals surface area contributed by atoms with Crippen LogP contribution >= 0.6 is 7.14 Å². The van der Waals surface area contributed by atoms with E-state index in [0.717, 1.165) is 45.9 Å². The first-order valence-electron chi connectivity index (χ1n) is 23.7. The molecule has 1 amide bonds. The van der Waals surface area contributed by atoms with Crippen LogP contribution in [0.15, 0.2) is 75.0 Å². The van der Waals surface area contributed by atoms with Crippen LogP contribution < -0.4 is 16.8 Å². The van der Waals surface area contributed by atoms with Gasteiger partial charge >= 0.3 is 11.4 Å². The number of hydrogen-bond donors (Lipinski definition) is 1. The maximum atomic E-state index is 15.6. The summed E-state index contributed by atoms with van der Waals surface area (Å²) in [4.78, 5) is 47.6. The number of carbonyl (C=O) groups is 1. The Labute approximate surface area is 388 Å². The van der Waals surface area contributed by atoms with E-state index < -0.39 is 24.5 Å². The Morgan fingerprint density at radius 2 is 1.61 bits per heavy atom. The Balaban J connectivity index is 1.12. The molecule has 14 nitrogen and oxygen atoms in total. The number of rotatable bonds is 11. The molecule has 3 aromatic carbocycles. The zero-order valence-electron chi connectivity index (χ0n) is 39.5. The number of nitrogens with one attached hydrogen (secondary N) is 1. The number of benzene rings is 3. The van der Waals surface area contributed by atoms with Gasteiger partial charge in [0.25, 0.3) is 5.91 Å². The molecular formula is C51H58FN8O6P. The normalized spacial score (nSPS) is 19.9. The minimum atomic E-state index is -2.63. The molecule has 10 rings (SSSR count). The molecule has 7 aromatic rings. The van der Waals surface area contributed by atoms with Crippen LogP contribution in [0.3, 0.4) is 0 Å². The van der Waals surface area contributed by atoms with Gasteiger partial charge in [0.1, 0.15) is 30.0 Å². The van der Waals surface area contributed by atoms with Crippen LogP contribution in [0.25, 0.3) is 28.1 Å². The maximum Gasteiger partial charge on any atom is 0.438 e. The topological polar surface area (TPSA) is 155 Å². The predicted octanol–water partition coefficient (Wildman–Crippen LogP) is 8.54. The highest BCUT2D eigenvalue weighted by Crippen LogP contribution is 2.56. The highest BCUT2D eigenvalue weighted by Gasteiger charge is 2.59. The number of fused-ring (bicyclic) bond motifs is 2. The van der Waals surface area contributed by atoms with Crippen LogP contribution in [-0.2, 0) is 27.7 Å². The molecule has 3 unspecified atom stereocenters. The van der Waals surface area contributed by atoms with E-state index in [9.17, 15) is 14.2 Å². The number of nitrogens with zero attached hydrogens (tertiary/aromatic N) is 7. The zero-order valence-corrected chi connectivity index (χ0v) is 40.4. The lowest BCUT2D eigenvalue weighted by molar-refractivity contribution is 0.0663. The molecule has 1 N–H and O–H groups in total. The minimum absolute atomic E-state index is 0.0236. The first kappa shape index (κ1) is 44.8. The number of amides is 1. The van der Waals surface area contributed by atoms with E-state index in [1.165, 1.54) is 5.56 Å². The predicted molar refractivity (Wildman–Crippen MR) is 256 cm³/mol. The third-order valence-electron chi connectivity index (χ3n) is 15.1. The average Bonchev–Trinajstić information content (AvgIpc) is 3.82. The molecule has 67 heavy (non-hydrogen) atoms. The summed E-state index contributed by atoms with van der Waals surface area (Å²) in [6, 6.07) is 15.2. The number of aryl methyl sites for hydroxylation is 4. The minimum Gasteiger partial charge on any atom is -0.381 e. The van der Waals surface area contributed by atoms with Crippen molar-refractivity contribution in [3.63, 3.8) is 0 Å². The number of carbonyl (C=O) groups excluding carboxylic acids is 1. The summed E-state index contributed by atoms with van der Waals surface area (Å²) >= 11 is 0. The van der Waals surface area contributed by atoms with E-state index in [1.807, 2.05) is 57.7 Å². The molecule has 1 saturated carbocycles.